The molecule has 0 aliphatic rings. The molecular formula is C12H18BrNS. The number of benzene rings is 1. The molecule has 0 saturated carbocycles. The van der Waals surface area contributed by atoms with Crippen LogP contribution in [0, 0.1) is 0 Å². The Kier molecular flexibility index (Phi) is 6.37. The third-order valence-electron chi connectivity index (χ3n) is 2.29. The molecule has 0 aromatic heterocycles. The van der Waals surface area contributed by atoms with Crippen LogP contribution >= 0.6 is 27.7 Å². The van der Waals surface area contributed by atoms with Gasteiger partial charge in [-0.15, -0.1) is 11.8 Å². The van der Waals surface area contributed by atoms with E-state index in [9.17, 15) is 0 Å². The van der Waals surface area contributed by atoms with E-state index in [4.69, 9.17) is 0 Å². The van der Waals surface area contributed by atoms with Gasteiger partial charge in [-0.2, -0.15) is 0 Å². The van der Waals surface area contributed by atoms with Crippen molar-refractivity contribution in [3.8, 4) is 0 Å². The van der Waals surface area contributed by atoms with Crippen LogP contribution in [0.3, 0.4) is 0 Å². The van der Waals surface area contributed by atoms with Gasteiger partial charge in [0.25, 0.3) is 0 Å². The van der Waals surface area contributed by atoms with E-state index in [1.807, 2.05) is 11.8 Å². The molecular weight excluding hydrogens is 270 g/mol. The second kappa shape index (κ2) is 7.31. The first kappa shape index (κ1) is 13.1. The number of hydrogen-bond acceptors (Lipinski definition) is 2. The Bertz CT molecular complexity index is 273. The zero-order valence-corrected chi connectivity index (χ0v) is 11.7. The first-order chi connectivity index (χ1) is 7.22. The number of halogens is 1. The lowest BCUT2D eigenvalue weighted by molar-refractivity contribution is 0.555. The van der Waals surface area contributed by atoms with Crippen LogP contribution in [0.2, 0.25) is 0 Å². The van der Waals surface area contributed by atoms with Crippen molar-refractivity contribution in [3.63, 3.8) is 0 Å². The molecule has 0 fully saturated rings. The summed E-state index contributed by atoms with van der Waals surface area (Å²) in [7, 11) is 0. The molecule has 0 heterocycles. The van der Waals surface area contributed by atoms with E-state index < -0.39 is 0 Å². The molecule has 1 aromatic carbocycles. The van der Waals surface area contributed by atoms with Gasteiger partial charge in [-0.25, -0.2) is 0 Å². The molecule has 1 rings (SSSR count). The van der Waals surface area contributed by atoms with Gasteiger partial charge in [0.1, 0.15) is 0 Å². The summed E-state index contributed by atoms with van der Waals surface area (Å²) in [6, 6.07) is 9.11. The monoisotopic (exact) mass is 287 g/mol. The van der Waals surface area contributed by atoms with Gasteiger partial charge in [-0.1, -0.05) is 22.9 Å². The van der Waals surface area contributed by atoms with E-state index in [2.05, 4.69) is 59.4 Å². The number of rotatable bonds is 6. The van der Waals surface area contributed by atoms with Crippen molar-refractivity contribution in [2.75, 3.05) is 12.3 Å². The minimum atomic E-state index is 0.635. The summed E-state index contributed by atoms with van der Waals surface area (Å²) in [4.78, 5) is 1.34. The molecule has 0 aliphatic heterocycles. The Hall–Kier alpha value is 0.01000. The molecule has 0 aliphatic carbocycles. The van der Waals surface area contributed by atoms with Crippen molar-refractivity contribution in [2.24, 2.45) is 0 Å². The van der Waals surface area contributed by atoms with E-state index in [1.54, 1.807) is 0 Å². The molecule has 1 aromatic rings. The van der Waals surface area contributed by atoms with Crippen LogP contribution in [-0.2, 0) is 0 Å². The average Bonchev–Trinajstić information content (AvgIpc) is 2.26. The van der Waals surface area contributed by atoms with Crippen molar-refractivity contribution in [1.82, 2.24) is 5.32 Å². The van der Waals surface area contributed by atoms with Crippen LogP contribution in [0.5, 0.6) is 0 Å². The van der Waals surface area contributed by atoms with Crippen LogP contribution in [0.4, 0.5) is 0 Å². The topological polar surface area (TPSA) is 12.0 Å². The van der Waals surface area contributed by atoms with Crippen molar-refractivity contribution in [3.05, 3.63) is 28.7 Å². The number of thioether (sulfide) groups is 1. The van der Waals surface area contributed by atoms with Crippen molar-refractivity contribution in [2.45, 2.75) is 31.2 Å². The maximum Gasteiger partial charge on any atom is 0.0176 e. The molecule has 0 amide bonds. The molecule has 0 spiro atoms. The summed E-state index contributed by atoms with van der Waals surface area (Å²) in [6.45, 7) is 5.51. The lowest BCUT2D eigenvalue weighted by atomic mass is 10.3. The van der Waals surface area contributed by atoms with Crippen molar-refractivity contribution >= 4 is 27.7 Å². The lowest BCUT2D eigenvalue weighted by Crippen LogP contribution is -2.27. The summed E-state index contributed by atoms with van der Waals surface area (Å²) < 4.78 is 1.14. The smallest absolute Gasteiger partial charge is 0.0176 e. The molecule has 1 unspecified atom stereocenters. The molecule has 0 radical (unpaired) electrons. The third-order valence-corrected chi connectivity index (χ3v) is 3.83. The SMILES string of the molecule is CCC(C)NCCSc1ccc(Br)cc1. The van der Waals surface area contributed by atoms with Crippen LogP contribution < -0.4 is 5.32 Å². The molecule has 1 nitrogen and oxygen atoms in total. The van der Waals surface area contributed by atoms with E-state index in [0.29, 0.717) is 6.04 Å². The Morgan fingerprint density at radius 2 is 2.00 bits per heavy atom. The fourth-order valence-electron chi connectivity index (χ4n) is 1.15. The average molecular weight is 288 g/mol. The molecule has 84 valence electrons. The van der Waals surface area contributed by atoms with Crippen LogP contribution in [-0.4, -0.2) is 18.3 Å². The van der Waals surface area contributed by atoms with Crippen molar-refractivity contribution < 1.29 is 0 Å². The molecule has 0 saturated heterocycles. The number of hydrogen-bond donors (Lipinski definition) is 1. The first-order valence-electron chi connectivity index (χ1n) is 5.34. The van der Waals surface area contributed by atoms with Crippen LogP contribution in [0.25, 0.3) is 0 Å². The highest BCUT2D eigenvalue weighted by molar-refractivity contribution is 9.10. The quantitative estimate of drug-likeness (QED) is 0.629. The van der Waals surface area contributed by atoms with E-state index >= 15 is 0 Å². The minimum absolute atomic E-state index is 0.635. The normalized spacial score (nSPS) is 12.7. The predicted octanol–water partition coefficient (Wildman–Crippen LogP) is 3.93. The van der Waals surface area contributed by atoms with E-state index in [-0.39, 0.29) is 0 Å². The van der Waals surface area contributed by atoms with Gasteiger partial charge >= 0.3 is 0 Å². The summed E-state index contributed by atoms with van der Waals surface area (Å²) >= 11 is 5.33. The zero-order chi connectivity index (χ0) is 11.1. The predicted molar refractivity (Wildman–Crippen MR) is 72.6 cm³/mol. The summed E-state index contributed by atoms with van der Waals surface area (Å²) in [5.74, 6) is 1.13. The summed E-state index contributed by atoms with van der Waals surface area (Å²) in [6.07, 6.45) is 1.20. The van der Waals surface area contributed by atoms with Gasteiger partial charge in [-0.3, -0.25) is 0 Å². The Labute approximate surface area is 105 Å². The summed E-state index contributed by atoms with van der Waals surface area (Å²) in [5, 5.41) is 3.48. The maximum absolute atomic E-state index is 3.48. The molecule has 1 atom stereocenters. The Morgan fingerprint density at radius 3 is 2.60 bits per heavy atom. The molecule has 0 bridgehead atoms. The van der Waals surface area contributed by atoms with Crippen molar-refractivity contribution in [1.29, 1.82) is 0 Å². The minimum Gasteiger partial charge on any atom is -0.313 e. The molecule has 15 heavy (non-hydrogen) atoms. The highest BCUT2D eigenvalue weighted by Gasteiger charge is 1.97. The molecule has 1 N–H and O–H groups in total. The fourth-order valence-corrected chi connectivity index (χ4v) is 2.20. The van der Waals surface area contributed by atoms with E-state index in [1.165, 1.54) is 11.3 Å². The van der Waals surface area contributed by atoms with Gasteiger partial charge in [0.15, 0.2) is 0 Å². The van der Waals surface area contributed by atoms with Gasteiger partial charge in [0.05, 0.1) is 0 Å². The highest BCUT2D eigenvalue weighted by atomic mass is 79.9. The second-order valence-corrected chi connectivity index (χ2v) is 5.65. The van der Waals surface area contributed by atoms with Gasteiger partial charge in [0, 0.05) is 27.7 Å². The third kappa shape index (κ3) is 5.59. The number of nitrogens with one attached hydrogen (secondary N) is 1. The standard InChI is InChI=1S/C12H18BrNS/c1-3-10(2)14-8-9-15-12-6-4-11(13)5-7-12/h4-7,10,14H,3,8-9H2,1-2H3. The first-order valence-corrected chi connectivity index (χ1v) is 7.12. The van der Waals surface area contributed by atoms with Gasteiger partial charge in [0.2, 0.25) is 0 Å². The van der Waals surface area contributed by atoms with Crippen LogP contribution in [0.15, 0.2) is 33.6 Å². The van der Waals surface area contributed by atoms with Crippen LogP contribution in [0.1, 0.15) is 20.3 Å². The largest absolute Gasteiger partial charge is 0.313 e. The second-order valence-electron chi connectivity index (χ2n) is 3.57. The fraction of sp³-hybridized carbons (Fsp3) is 0.500. The van der Waals surface area contributed by atoms with Gasteiger partial charge in [-0.05, 0) is 37.6 Å². The lowest BCUT2D eigenvalue weighted by Gasteiger charge is -2.10. The maximum atomic E-state index is 3.48. The van der Waals surface area contributed by atoms with Gasteiger partial charge < -0.3 is 5.32 Å². The zero-order valence-electron chi connectivity index (χ0n) is 9.29. The Morgan fingerprint density at radius 1 is 1.33 bits per heavy atom. The summed E-state index contributed by atoms with van der Waals surface area (Å²) in [5.41, 5.74) is 0. The highest BCUT2D eigenvalue weighted by Crippen LogP contribution is 2.19. The Balaban J connectivity index is 2.17. The molecule has 3 heteroatoms. The van der Waals surface area contributed by atoms with E-state index in [0.717, 1.165) is 16.8 Å².